The second-order valence-electron chi connectivity index (χ2n) is 9.29. The molecule has 4 bridgehead atoms. The van der Waals surface area contributed by atoms with Crippen LogP contribution in [0.1, 0.15) is 70.6 Å². The maximum atomic E-state index is 2.98. The fourth-order valence-corrected chi connectivity index (χ4v) is 7.61. The molecule has 0 radical (unpaired) electrons. The number of hydrogen-bond acceptors (Lipinski definition) is 1. The summed E-state index contributed by atoms with van der Waals surface area (Å²) < 4.78 is 0. The van der Waals surface area contributed by atoms with Crippen molar-refractivity contribution in [2.45, 2.75) is 76.7 Å². The molecule has 0 spiro atoms. The van der Waals surface area contributed by atoms with Crippen molar-refractivity contribution in [3.63, 3.8) is 0 Å². The normalized spacial score (nSPS) is 54.3. The third-order valence-electron chi connectivity index (χ3n) is 7.83. The Balaban J connectivity index is 1.34. The van der Waals surface area contributed by atoms with E-state index in [4.69, 9.17) is 0 Å². The van der Waals surface area contributed by atoms with E-state index in [0.717, 1.165) is 35.1 Å². The quantitative estimate of drug-likeness (QED) is 0.717. The highest BCUT2D eigenvalue weighted by molar-refractivity contribution is 5.04. The van der Waals surface area contributed by atoms with E-state index < -0.39 is 0 Å². The van der Waals surface area contributed by atoms with Gasteiger partial charge in [-0.15, -0.1) is 0 Å². The van der Waals surface area contributed by atoms with Crippen LogP contribution in [0.3, 0.4) is 0 Å². The molecule has 6 fully saturated rings. The molecular formula is C19H31N. The smallest absolute Gasteiger partial charge is 0.0124 e. The lowest BCUT2D eigenvalue weighted by Gasteiger charge is -2.58. The SMILES string of the molecule is C1CC[C@@H]2[C@@H](C1)CCN2CC12CC3CC(CC(C3)C1)C2. The van der Waals surface area contributed by atoms with Gasteiger partial charge in [0.15, 0.2) is 0 Å². The van der Waals surface area contributed by atoms with E-state index in [0.29, 0.717) is 0 Å². The number of likely N-dealkylation sites (tertiary alicyclic amines) is 1. The first-order chi connectivity index (χ1) is 9.80. The minimum Gasteiger partial charge on any atom is -0.300 e. The first kappa shape index (κ1) is 12.5. The van der Waals surface area contributed by atoms with Crippen LogP contribution in [0.15, 0.2) is 0 Å². The second-order valence-corrected chi connectivity index (χ2v) is 9.29. The lowest BCUT2D eigenvalue weighted by atomic mass is 9.49. The Kier molecular flexibility index (Phi) is 2.80. The zero-order valence-corrected chi connectivity index (χ0v) is 13.0. The number of fused-ring (bicyclic) bond motifs is 1. The summed E-state index contributed by atoms with van der Waals surface area (Å²) in [4.78, 5) is 2.98. The molecule has 6 aliphatic rings. The highest BCUT2D eigenvalue weighted by atomic mass is 15.2. The molecule has 20 heavy (non-hydrogen) atoms. The van der Waals surface area contributed by atoms with Gasteiger partial charge in [0.25, 0.3) is 0 Å². The minimum atomic E-state index is 0.779. The highest BCUT2D eigenvalue weighted by Crippen LogP contribution is 2.60. The van der Waals surface area contributed by atoms with Crippen LogP contribution in [0.4, 0.5) is 0 Å². The molecular weight excluding hydrogens is 242 g/mol. The summed E-state index contributed by atoms with van der Waals surface area (Å²) in [6.07, 6.45) is 17.2. The molecule has 0 unspecified atom stereocenters. The topological polar surface area (TPSA) is 3.24 Å². The van der Waals surface area contributed by atoms with Gasteiger partial charge in [-0.1, -0.05) is 12.8 Å². The largest absolute Gasteiger partial charge is 0.300 e. The monoisotopic (exact) mass is 273 g/mol. The Morgan fingerprint density at radius 1 is 0.800 bits per heavy atom. The van der Waals surface area contributed by atoms with E-state index in [9.17, 15) is 0 Å². The summed E-state index contributed by atoms with van der Waals surface area (Å²) in [6.45, 7) is 2.94. The van der Waals surface area contributed by atoms with Crippen LogP contribution in [0.25, 0.3) is 0 Å². The van der Waals surface area contributed by atoms with Crippen LogP contribution in [-0.2, 0) is 0 Å². The van der Waals surface area contributed by atoms with Crippen molar-refractivity contribution in [2.24, 2.45) is 29.1 Å². The lowest BCUT2D eigenvalue weighted by Crippen LogP contribution is -2.52. The Morgan fingerprint density at radius 3 is 2.15 bits per heavy atom. The molecule has 5 aliphatic carbocycles. The average Bonchev–Trinajstić information content (AvgIpc) is 2.80. The van der Waals surface area contributed by atoms with Crippen molar-refractivity contribution < 1.29 is 0 Å². The zero-order valence-electron chi connectivity index (χ0n) is 13.0. The molecule has 0 aromatic rings. The van der Waals surface area contributed by atoms with Crippen LogP contribution in [-0.4, -0.2) is 24.0 Å². The van der Waals surface area contributed by atoms with Gasteiger partial charge in [-0.05, 0) is 93.4 Å². The number of hydrogen-bond donors (Lipinski definition) is 0. The van der Waals surface area contributed by atoms with E-state index in [1.807, 2.05) is 0 Å². The van der Waals surface area contributed by atoms with Crippen LogP contribution in [0.5, 0.6) is 0 Å². The van der Waals surface area contributed by atoms with Crippen molar-refractivity contribution >= 4 is 0 Å². The van der Waals surface area contributed by atoms with Gasteiger partial charge in [-0.3, -0.25) is 4.90 Å². The molecule has 0 amide bonds. The molecule has 5 saturated carbocycles. The predicted molar refractivity (Wildman–Crippen MR) is 82.5 cm³/mol. The Labute approximate surface area is 124 Å². The van der Waals surface area contributed by atoms with Gasteiger partial charge in [0.1, 0.15) is 0 Å². The third kappa shape index (κ3) is 1.91. The first-order valence-electron chi connectivity index (χ1n) is 9.54. The van der Waals surface area contributed by atoms with Crippen molar-refractivity contribution in [1.29, 1.82) is 0 Å². The minimum absolute atomic E-state index is 0.779. The second kappa shape index (κ2) is 4.48. The highest BCUT2D eigenvalue weighted by Gasteiger charge is 2.52. The molecule has 6 rings (SSSR count). The summed E-state index contributed by atoms with van der Waals surface area (Å²) in [6, 6.07) is 0.997. The van der Waals surface area contributed by atoms with E-state index in [-0.39, 0.29) is 0 Å². The third-order valence-corrected chi connectivity index (χ3v) is 7.83. The molecule has 1 aliphatic heterocycles. The molecule has 0 aromatic heterocycles. The van der Waals surface area contributed by atoms with E-state index >= 15 is 0 Å². The van der Waals surface area contributed by atoms with Crippen LogP contribution >= 0.6 is 0 Å². The Bertz CT molecular complexity index is 352. The van der Waals surface area contributed by atoms with Gasteiger partial charge in [-0.25, -0.2) is 0 Å². The Morgan fingerprint density at radius 2 is 1.45 bits per heavy atom. The molecule has 0 N–H and O–H groups in total. The maximum absolute atomic E-state index is 2.98. The van der Waals surface area contributed by atoms with Gasteiger partial charge >= 0.3 is 0 Å². The van der Waals surface area contributed by atoms with E-state index in [1.54, 1.807) is 44.9 Å². The lowest BCUT2D eigenvalue weighted by molar-refractivity contribution is -0.0726. The van der Waals surface area contributed by atoms with E-state index in [1.165, 1.54) is 38.8 Å². The molecule has 0 aromatic carbocycles. The number of nitrogens with zero attached hydrogens (tertiary/aromatic N) is 1. The van der Waals surface area contributed by atoms with Crippen molar-refractivity contribution in [3.8, 4) is 0 Å². The van der Waals surface area contributed by atoms with Crippen LogP contribution in [0, 0.1) is 29.1 Å². The number of rotatable bonds is 2. The molecule has 2 atom stereocenters. The molecule has 1 heteroatoms. The summed E-state index contributed by atoms with van der Waals surface area (Å²) >= 11 is 0. The van der Waals surface area contributed by atoms with Crippen LogP contribution < -0.4 is 0 Å². The zero-order chi connectivity index (χ0) is 13.2. The summed E-state index contributed by atoms with van der Waals surface area (Å²) in [5, 5.41) is 0. The van der Waals surface area contributed by atoms with Gasteiger partial charge in [-0.2, -0.15) is 0 Å². The fourth-order valence-electron chi connectivity index (χ4n) is 7.61. The summed E-state index contributed by atoms with van der Waals surface area (Å²) in [5.41, 5.74) is 0.779. The van der Waals surface area contributed by atoms with Crippen molar-refractivity contribution in [3.05, 3.63) is 0 Å². The molecule has 1 nitrogen and oxygen atoms in total. The molecule has 112 valence electrons. The van der Waals surface area contributed by atoms with Crippen molar-refractivity contribution in [2.75, 3.05) is 13.1 Å². The molecule has 1 saturated heterocycles. The average molecular weight is 273 g/mol. The van der Waals surface area contributed by atoms with Gasteiger partial charge in [0.2, 0.25) is 0 Å². The standard InChI is InChI=1S/C19H31N/c1-2-4-18-17(3-1)5-6-20(18)13-19-10-14-7-15(11-19)9-16(8-14)12-19/h14-18H,1-13H2/t14?,15?,16?,17-,18+,19?/m0/s1. The fraction of sp³-hybridized carbons (Fsp3) is 1.00. The summed E-state index contributed by atoms with van der Waals surface area (Å²) in [5.74, 6) is 4.47. The predicted octanol–water partition coefficient (Wildman–Crippen LogP) is 4.47. The maximum Gasteiger partial charge on any atom is 0.0124 e. The van der Waals surface area contributed by atoms with Crippen LogP contribution in [0.2, 0.25) is 0 Å². The van der Waals surface area contributed by atoms with Gasteiger partial charge in [0, 0.05) is 12.6 Å². The van der Waals surface area contributed by atoms with Gasteiger partial charge < -0.3 is 0 Å². The van der Waals surface area contributed by atoms with E-state index in [2.05, 4.69) is 4.90 Å². The molecule has 1 heterocycles. The van der Waals surface area contributed by atoms with Gasteiger partial charge in [0.05, 0.1) is 0 Å². The first-order valence-corrected chi connectivity index (χ1v) is 9.54. The van der Waals surface area contributed by atoms with Crippen molar-refractivity contribution in [1.82, 2.24) is 4.90 Å². The summed E-state index contributed by atoms with van der Waals surface area (Å²) in [7, 11) is 0. The Hall–Kier alpha value is -0.0400.